The first-order valence-corrected chi connectivity index (χ1v) is 8.98. The van der Waals surface area contributed by atoms with Crippen molar-refractivity contribution in [2.45, 2.75) is 26.7 Å². The highest BCUT2D eigenvalue weighted by Gasteiger charge is 2.10. The summed E-state index contributed by atoms with van der Waals surface area (Å²) < 4.78 is 0. The Balaban J connectivity index is 1.98. The van der Waals surface area contributed by atoms with Crippen molar-refractivity contribution in [1.82, 2.24) is 5.43 Å². The summed E-state index contributed by atoms with van der Waals surface area (Å²) in [6, 6.07) is 13.5. The van der Waals surface area contributed by atoms with E-state index in [0.717, 1.165) is 37.2 Å². The van der Waals surface area contributed by atoms with Gasteiger partial charge in [-0.2, -0.15) is 5.10 Å². The Kier molecular flexibility index (Phi) is 7.49. The van der Waals surface area contributed by atoms with E-state index in [1.807, 2.05) is 24.3 Å². The van der Waals surface area contributed by atoms with Crippen LogP contribution in [0.3, 0.4) is 0 Å². The number of amides is 1. The van der Waals surface area contributed by atoms with Crippen LogP contribution in [0.1, 0.15) is 42.6 Å². The topological polar surface area (TPSA) is 87.8 Å². The number of nitrogens with one attached hydrogen (secondary N) is 1. The van der Waals surface area contributed by atoms with Crippen LogP contribution in [0, 0.1) is 10.1 Å². The number of nitro benzene ring substituents is 1. The zero-order chi connectivity index (χ0) is 19.6. The molecule has 0 bridgehead atoms. The van der Waals surface area contributed by atoms with Gasteiger partial charge in [-0.3, -0.25) is 14.9 Å². The highest BCUT2D eigenvalue weighted by Crippen LogP contribution is 2.16. The van der Waals surface area contributed by atoms with Crippen LogP contribution in [0.25, 0.3) is 0 Å². The van der Waals surface area contributed by atoms with Crippen LogP contribution in [0.5, 0.6) is 0 Å². The quantitative estimate of drug-likeness (QED) is 0.412. The third kappa shape index (κ3) is 5.91. The number of hydrogen-bond acceptors (Lipinski definition) is 5. The molecule has 7 nitrogen and oxygen atoms in total. The molecule has 142 valence electrons. The molecule has 2 rings (SSSR count). The van der Waals surface area contributed by atoms with Gasteiger partial charge in [0.05, 0.1) is 11.1 Å². The maximum Gasteiger partial charge on any atom is 0.271 e. The predicted molar refractivity (Wildman–Crippen MR) is 107 cm³/mol. The predicted octanol–water partition coefficient (Wildman–Crippen LogP) is 3.99. The monoisotopic (exact) mass is 368 g/mol. The van der Waals surface area contributed by atoms with Crippen molar-refractivity contribution in [3.05, 3.63) is 69.8 Å². The molecule has 0 aliphatic rings. The van der Waals surface area contributed by atoms with Gasteiger partial charge in [-0.05, 0) is 36.6 Å². The molecule has 1 amide bonds. The van der Waals surface area contributed by atoms with Gasteiger partial charge < -0.3 is 4.90 Å². The van der Waals surface area contributed by atoms with Crippen molar-refractivity contribution in [2.75, 3.05) is 18.0 Å². The average molecular weight is 368 g/mol. The third-order valence-electron chi connectivity index (χ3n) is 3.94. The van der Waals surface area contributed by atoms with Crippen molar-refractivity contribution in [2.24, 2.45) is 5.10 Å². The van der Waals surface area contributed by atoms with Crippen LogP contribution in [0.15, 0.2) is 53.6 Å². The Hall–Kier alpha value is -3.22. The van der Waals surface area contributed by atoms with E-state index in [1.165, 1.54) is 24.3 Å². The number of hydrazone groups is 1. The lowest BCUT2D eigenvalue weighted by Crippen LogP contribution is -2.24. The number of rotatable bonds is 9. The fourth-order valence-electron chi connectivity index (χ4n) is 2.67. The van der Waals surface area contributed by atoms with Crippen LogP contribution in [-0.4, -0.2) is 30.1 Å². The minimum atomic E-state index is -0.540. The molecule has 0 radical (unpaired) electrons. The first-order valence-electron chi connectivity index (χ1n) is 8.98. The van der Waals surface area contributed by atoms with Gasteiger partial charge in [0.2, 0.25) is 0 Å². The van der Waals surface area contributed by atoms with E-state index in [-0.39, 0.29) is 11.3 Å². The Bertz CT molecular complexity index is 797. The Morgan fingerprint density at radius 1 is 1.15 bits per heavy atom. The molecule has 0 unspecified atom stereocenters. The van der Waals surface area contributed by atoms with Crippen molar-refractivity contribution in [3.8, 4) is 0 Å². The van der Waals surface area contributed by atoms with Crippen LogP contribution < -0.4 is 10.3 Å². The Labute approximate surface area is 158 Å². The number of non-ortho nitro benzene ring substituents is 1. The van der Waals surface area contributed by atoms with Gasteiger partial charge in [0, 0.05) is 36.5 Å². The highest BCUT2D eigenvalue weighted by molar-refractivity contribution is 5.95. The molecular formula is C20H24N4O3. The van der Waals surface area contributed by atoms with Gasteiger partial charge in [0.25, 0.3) is 11.6 Å². The van der Waals surface area contributed by atoms with E-state index in [4.69, 9.17) is 0 Å². The fraction of sp³-hybridized carbons (Fsp3) is 0.300. The summed E-state index contributed by atoms with van der Waals surface area (Å²) in [5.41, 5.74) is 4.46. The first kappa shape index (κ1) is 20.1. The third-order valence-corrected chi connectivity index (χ3v) is 3.94. The van der Waals surface area contributed by atoms with E-state index in [9.17, 15) is 14.9 Å². The molecule has 7 heteroatoms. The molecule has 0 aromatic heterocycles. The molecule has 2 aromatic carbocycles. The fourth-order valence-corrected chi connectivity index (χ4v) is 2.67. The first-order chi connectivity index (χ1) is 13.0. The number of anilines is 1. The van der Waals surface area contributed by atoms with E-state index >= 15 is 0 Å². The van der Waals surface area contributed by atoms with Crippen molar-refractivity contribution >= 4 is 23.5 Å². The number of hydrogen-bond donors (Lipinski definition) is 1. The second kappa shape index (κ2) is 10.1. The summed E-state index contributed by atoms with van der Waals surface area (Å²) in [6.45, 7) is 6.35. The van der Waals surface area contributed by atoms with Crippen LogP contribution in [-0.2, 0) is 0 Å². The molecule has 0 aliphatic heterocycles. The number of carbonyl (C=O) groups excluding carboxylic acids is 1. The molecule has 0 fully saturated rings. The highest BCUT2D eigenvalue weighted by atomic mass is 16.6. The standard InChI is InChI=1S/C20H24N4O3/c1-3-12-23(13-4-2)18-10-8-16(9-11-18)15-21-22-20(25)17-6-5-7-19(14-17)24(26)27/h5-11,14-15H,3-4,12-13H2,1-2H3,(H,22,25)/b21-15-. The van der Waals surface area contributed by atoms with E-state index in [0.29, 0.717) is 0 Å². The van der Waals surface area contributed by atoms with Crippen molar-refractivity contribution in [3.63, 3.8) is 0 Å². The van der Waals surface area contributed by atoms with Crippen molar-refractivity contribution in [1.29, 1.82) is 0 Å². The van der Waals surface area contributed by atoms with Gasteiger partial charge in [0.15, 0.2) is 0 Å². The maximum atomic E-state index is 12.0. The second-order valence-corrected chi connectivity index (χ2v) is 6.09. The summed E-state index contributed by atoms with van der Waals surface area (Å²) in [5, 5.41) is 14.7. The molecule has 1 N–H and O–H groups in total. The number of benzene rings is 2. The molecule has 0 saturated carbocycles. The molecule has 0 spiro atoms. The lowest BCUT2D eigenvalue weighted by molar-refractivity contribution is -0.384. The van der Waals surface area contributed by atoms with Gasteiger partial charge >= 0.3 is 0 Å². The number of nitro groups is 1. The summed E-state index contributed by atoms with van der Waals surface area (Å²) >= 11 is 0. The zero-order valence-electron chi connectivity index (χ0n) is 15.6. The summed E-state index contributed by atoms with van der Waals surface area (Å²) in [4.78, 5) is 24.6. The SMILES string of the molecule is CCCN(CCC)c1ccc(/C=N\NC(=O)c2cccc([N+](=O)[O-])c2)cc1. The lowest BCUT2D eigenvalue weighted by Gasteiger charge is -2.23. The smallest absolute Gasteiger partial charge is 0.271 e. The van der Waals surface area contributed by atoms with E-state index in [2.05, 4.69) is 29.3 Å². The molecule has 0 aliphatic carbocycles. The van der Waals surface area contributed by atoms with Crippen LogP contribution >= 0.6 is 0 Å². The van der Waals surface area contributed by atoms with Gasteiger partial charge in [-0.25, -0.2) is 5.43 Å². The molecule has 0 atom stereocenters. The summed E-state index contributed by atoms with van der Waals surface area (Å²) in [7, 11) is 0. The molecule has 2 aromatic rings. The van der Waals surface area contributed by atoms with Gasteiger partial charge in [0.1, 0.15) is 0 Å². The minimum Gasteiger partial charge on any atom is -0.372 e. The van der Waals surface area contributed by atoms with Crippen LogP contribution in [0.2, 0.25) is 0 Å². The molecule has 0 saturated heterocycles. The van der Waals surface area contributed by atoms with E-state index in [1.54, 1.807) is 6.21 Å². The minimum absolute atomic E-state index is 0.133. The van der Waals surface area contributed by atoms with E-state index < -0.39 is 10.8 Å². The largest absolute Gasteiger partial charge is 0.372 e. The zero-order valence-corrected chi connectivity index (χ0v) is 15.6. The lowest BCUT2D eigenvalue weighted by atomic mass is 10.2. The summed E-state index contributed by atoms with van der Waals surface area (Å²) in [5.74, 6) is -0.497. The van der Waals surface area contributed by atoms with Gasteiger partial charge in [-0.15, -0.1) is 0 Å². The molecule has 0 heterocycles. The Morgan fingerprint density at radius 3 is 2.41 bits per heavy atom. The van der Waals surface area contributed by atoms with Crippen LogP contribution in [0.4, 0.5) is 11.4 Å². The van der Waals surface area contributed by atoms with Gasteiger partial charge in [-0.1, -0.05) is 32.0 Å². The second-order valence-electron chi connectivity index (χ2n) is 6.09. The number of carbonyl (C=O) groups is 1. The average Bonchev–Trinajstić information content (AvgIpc) is 2.68. The maximum absolute atomic E-state index is 12.0. The summed E-state index contributed by atoms with van der Waals surface area (Å²) in [6.07, 6.45) is 3.72. The molecular weight excluding hydrogens is 344 g/mol. The Morgan fingerprint density at radius 2 is 1.81 bits per heavy atom. The van der Waals surface area contributed by atoms with Crippen molar-refractivity contribution < 1.29 is 9.72 Å². The number of nitrogens with zero attached hydrogens (tertiary/aromatic N) is 3. The normalized spacial score (nSPS) is 10.7. The molecule has 27 heavy (non-hydrogen) atoms.